The van der Waals surface area contributed by atoms with Crippen molar-refractivity contribution in [2.75, 3.05) is 13.6 Å². The first-order valence-corrected chi connectivity index (χ1v) is 11.6. The Labute approximate surface area is 171 Å². The first kappa shape index (κ1) is 19.9. The number of amides is 1. The average molecular weight is 383 g/mol. The Hall–Kier alpha value is -1.38. The van der Waals surface area contributed by atoms with Crippen molar-refractivity contribution in [2.45, 2.75) is 77.6 Å². The molecule has 154 valence electrons. The largest absolute Gasteiger partial charge is 0.346 e. The molecule has 28 heavy (non-hydrogen) atoms. The zero-order chi connectivity index (χ0) is 19.6. The molecular weight excluding hydrogens is 344 g/mol. The lowest BCUT2D eigenvalue weighted by atomic mass is 9.48. The van der Waals surface area contributed by atoms with Gasteiger partial charge in [0, 0.05) is 32.9 Å². The fourth-order valence-electron chi connectivity index (χ4n) is 6.99. The number of carbonyl (C=O) groups is 1. The Morgan fingerprint density at radius 2 is 1.68 bits per heavy atom. The van der Waals surface area contributed by atoms with E-state index in [1.807, 2.05) is 24.3 Å². The molecule has 0 spiro atoms. The summed E-state index contributed by atoms with van der Waals surface area (Å²) in [4.78, 5) is 17.7. The molecule has 4 saturated carbocycles. The van der Waals surface area contributed by atoms with E-state index in [4.69, 9.17) is 0 Å². The molecule has 0 aromatic carbocycles. The van der Waals surface area contributed by atoms with Gasteiger partial charge in [-0.2, -0.15) is 0 Å². The molecule has 4 bridgehead atoms. The van der Waals surface area contributed by atoms with Crippen LogP contribution < -0.4 is 0 Å². The number of hydrogen-bond acceptors (Lipinski definition) is 2. The molecular formula is C25H38N2O. The summed E-state index contributed by atoms with van der Waals surface area (Å²) >= 11 is 0. The zero-order valence-electron chi connectivity index (χ0n) is 17.9. The Kier molecular flexibility index (Phi) is 6.08. The van der Waals surface area contributed by atoms with Crippen LogP contribution in [0, 0.1) is 29.1 Å². The maximum Gasteiger partial charge on any atom is 0.219 e. The standard InChI is InChI=1S/C25H38N2O/c1-19(28)27(2)12-8-20(3-4-21-6-10-26-11-7-21)5-9-25-16-22-13-23(17-25)15-24(14-22)18-25/h6-7,10-11,20,22-24H,3-5,8-9,12-18H2,1-2H3. The van der Waals surface area contributed by atoms with Gasteiger partial charge in [-0.15, -0.1) is 0 Å². The van der Waals surface area contributed by atoms with Crippen LogP contribution in [-0.2, 0) is 11.2 Å². The first-order chi connectivity index (χ1) is 13.5. The van der Waals surface area contributed by atoms with E-state index in [9.17, 15) is 4.79 Å². The van der Waals surface area contributed by atoms with Crippen LogP contribution in [0.3, 0.4) is 0 Å². The maximum atomic E-state index is 11.6. The van der Waals surface area contributed by atoms with Gasteiger partial charge in [0.15, 0.2) is 0 Å². The maximum absolute atomic E-state index is 11.6. The van der Waals surface area contributed by atoms with Crippen LogP contribution in [0.4, 0.5) is 0 Å². The summed E-state index contributed by atoms with van der Waals surface area (Å²) in [5.41, 5.74) is 2.07. The fourth-order valence-corrected chi connectivity index (χ4v) is 6.99. The van der Waals surface area contributed by atoms with Crippen molar-refractivity contribution >= 4 is 5.91 Å². The Balaban J connectivity index is 1.34. The Bertz CT molecular complexity index is 620. The van der Waals surface area contributed by atoms with Crippen LogP contribution in [-0.4, -0.2) is 29.4 Å². The predicted octanol–water partition coefficient (Wildman–Crippen LogP) is 5.50. The van der Waals surface area contributed by atoms with Crippen molar-refractivity contribution < 1.29 is 4.79 Å². The van der Waals surface area contributed by atoms with Crippen LogP contribution >= 0.6 is 0 Å². The highest BCUT2D eigenvalue weighted by Crippen LogP contribution is 2.61. The van der Waals surface area contributed by atoms with Crippen molar-refractivity contribution in [1.82, 2.24) is 9.88 Å². The molecule has 3 heteroatoms. The van der Waals surface area contributed by atoms with E-state index in [1.165, 1.54) is 63.4 Å². The minimum absolute atomic E-state index is 0.189. The quantitative estimate of drug-likeness (QED) is 0.565. The summed E-state index contributed by atoms with van der Waals surface area (Å²) < 4.78 is 0. The zero-order valence-corrected chi connectivity index (χ0v) is 17.9. The summed E-state index contributed by atoms with van der Waals surface area (Å²) in [6.45, 7) is 2.58. The van der Waals surface area contributed by atoms with Gasteiger partial charge in [0.05, 0.1) is 0 Å². The highest BCUT2D eigenvalue weighted by Gasteiger charge is 2.50. The molecule has 1 aromatic rings. The normalized spacial score (nSPS) is 31.7. The van der Waals surface area contributed by atoms with E-state index in [0.717, 1.165) is 43.1 Å². The highest BCUT2D eigenvalue weighted by atomic mass is 16.2. The molecule has 4 fully saturated rings. The third kappa shape index (κ3) is 4.78. The second-order valence-electron chi connectivity index (χ2n) is 10.4. The van der Waals surface area contributed by atoms with Gasteiger partial charge in [0.2, 0.25) is 5.91 Å². The van der Waals surface area contributed by atoms with Gasteiger partial charge < -0.3 is 4.90 Å². The van der Waals surface area contributed by atoms with Crippen molar-refractivity contribution in [3.63, 3.8) is 0 Å². The minimum atomic E-state index is 0.189. The molecule has 0 radical (unpaired) electrons. The van der Waals surface area contributed by atoms with E-state index in [0.29, 0.717) is 5.41 Å². The summed E-state index contributed by atoms with van der Waals surface area (Å²) in [6, 6.07) is 4.30. The summed E-state index contributed by atoms with van der Waals surface area (Å²) in [7, 11) is 1.95. The number of pyridine rings is 1. The van der Waals surface area contributed by atoms with E-state index >= 15 is 0 Å². The van der Waals surface area contributed by atoms with Gasteiger partial charge in [-0.25, -0.2) is 0 Å². The fraction of sp³-hybridized carbons (Fsp3) is 0.760. The lowest BCUT2D eigenvalue weighted by molar-refractivity contribution is -0.127. The highest BCUT2D eigenvalue weighted by molar-refractivity contribution is 5.72. The molecule has 1 heterocycles. The van der Waals surface area contributed by atoms with Gasteiger partial charge in [0.1, 0.15) is 0 Å². The Morgan fingerprint density at radius 3 is 2.25 bits per heavy atom. The molecule has 1 aromatic heterocycles. The number of hydrogen-bond donors (Lipinski definition) is 0. The summed E-state index contributed by atoms with van der Waals surface area (Å²) in [5, 5.41) is 0. The number of nitrogens with zero attached hydrogens (tertiary/aromatic N) is 2. The first-order valence-electron chi connectivity index (χ1n) is 11.6. The molecule has 1 unspecified atom stereocenters. The number of carbonyl (C=O) groups excluding carboxylic acids is 1. The molecule has 1 amide bonds. The van der Waals surface area contributed by atoms with Crippen LogP contribution in [0.15, 0.2) is 24.5 Å². The SMILES string of the molecule is CC(=O)N(C)CCC(CCc1ccncc1)CCC12CC3CC(CC(C3)C1)C2. The van der Waals surface area contributed by atoms with Crippen molar-refractivity contribution in [2.24, 2.45) is 29.1 Å². The van der Waals surface area contributed by atoms with Crippen molar-refractivity contribution in [3.8, 4) is 0 Å². The molecule has 1 atom stereocenters. The summed E-state index contributed by atoms with van der Waals surface area (Å²) in [5.74, 6) is 4.05. The Morgan fingerprint density at radius 1 is 1.07 bits per heavy atom. The van der Waals surface area contributed by atoms with Gasteiger partial charge >= 0.3 is 0 Å². The lowest BCUT2D eigenvalue weighted by Crippen LogP contribution is -2.46. The molecule has 0 saturated heterocycles. The second kappa shape index (κ2) is 8.55. The van der Waals surface area contributed by atoms with Crippen LogP contribution in [0.1, 0.15) is 76.7 Å². The van der Waals surface area contributed by atoms with E-state index in [2.05, 4.69) is 17.1 Å². The molecule has 4 aliphatic carbocycles. The third-order valence-corrected chi connectivity index (χ3v) is 8.25. The number of rotatable bonds is 9. The topological polar surface area (TPSA) is 33.2 Å². The molecule has 0 N–H and O–H groups in total. The van der Waals surface area contributed by atoms with Crippen molar-refractivity contribution in [1.29, 1.82) is 0 Å². The molecule has 0 aliphatic heterocycles. The predicted molar refractivity (Wildman–Crippen MR) is 114 cm³/mol. The van der Waals surface area contributed by atoms with Gasteiger partial charge in [-0.05, 0) is 117 Å². The van der Waals surface area contributed by atoms with Gasteiger partial charge in [-0.3, -0.25) is 9.78 Å². The van der Waals surface area contributed by atoms with Gasteiger partial charge in [-0.1, -0.05) is 0 Å². The molecule has 3 nitrogen and oxygen atoms in total. The second-order valence-corrected chi connectivity index (χ2v) is 10.4. The van der Waals surface area contributed by atoms with Crippen LogP contribution in [0.2, 0.25) is 0 Å². The number of aryl methyl sites for hydroxylation is 1. The van der Waals surface area contributed by atoms with E-state index in [1.54, 1.807) is 6.92 Å². The van der Waals surface area contributed by atoms with Crippen LogP contribution in [0.5, 0.6) is 0 Å². The molecule has 5 rings (SSSR count). The van der Waals surface area contributed by atoms with E-state index in [-0.39, 0.29) is 5.91 Å². The summed E-state index contributed by atoms with van der Waals surface area (Å²) in [6.07, 6.45) is 19.3. The third-order valence-electron chi connectivity index (χ3n) is 8.25. The van der Waals surface area contributed by atoms with E-state index < -0.39 is 0 Å². The molecule has 4 aliphatic rings. The monoisotopic (exact) mass is 382 g/mol. The number of aromatic nitrogens is 1. The lowest BCUT2D eigenvalue weighted by Gasteiger charge is -2.57. The smallest absolute Gasteiger partial charge is 0.219 e. The van der Waals surface area contributed by atoms with Crippen LogP contribution in [0.25, 0.3) is 0 Å². The van der Waals surface area contributed by atoms with Gasteiger partial charge in [0.25, 0.3) is 0 Å². The van der Waals surface area contributed by atoms with Crippen molar-refractivity contribution in [3.05, 3.63) is 30.1 Å². The average Bonchev–Trinajstić information content (AvgIpc) is 2.66. The minimum Gasteiger partial charge on any atom is -0.346 e.